The van der Waals surface area contributed by atoms with Crippen LogP contribution in [0.5, 0.6) is 5.75 Å². The van der Waals surface area contributed by atoms with Crippen LogP contribution in [0.25, 0.3) is 0 Å². The zero-order valence-electron chi connectivity index (χ0n) is 7.22. The fraction of sp³-hybridized carbons (Fsp3) is 0.125. The summed E-state index contributed by atoms with van der Waals surface area (Å²) in [5.41, 5.74) is -0.320. The Labute approximate surface area is 94.7 Å². The number of benzene rings is 1. The molecule has 0 atom stereocenters. The Hall–Kier alpha value is -1.33. The molecule has 0 spiro atoms. The number of halogens is 2. The van der Waals surface area contributed by atoms with Crippen molar-refractivity contribution >= 4 is 34.9 Å². The van der Waals surface area contributed by atoms with Gasteiger partial charge in [-0.05, 0) is 6.07 Å². The fourth-order valence-electron chi connectivity index (χ4n) is 0.847. The van der Waals surface area contributed by atoms with Crippen molar-refractivity contribution in [3.63, 3.8) is 0 Å². The second-order valence-corrected chi connectivity index (χ2v) is 3.54. The molecule has 0 aliphatic carbocycles. The van der Waals surface area contributed by atoms with E-state index in [0.29, 0.717) is 0 Å². The predicted molar refractivity (Wildman–Crippen MR) is 54.2 cm³/mol. The highest BCUT2D eigenvalue weighted by atomic mass is 35.5. The van der Waals surface area contributed by atoms with Crippen molar-refractivity contribution in [3.05, 3.63) is 34.4 Å². The number of ether oxygens (including phenoxy) is 1. The van der Waals surface area contributed by atoms with Crippen LogP contribution in [0, 0.1) is 10.1 Å². The second-order valence-electron chi connectivity index (χ2n) is 2.45. The Kier molecular flexibility index (Phi) is 3.88. The second kappa shape index (κ2) is 4.95. The van der Waals surface area contributed by atoms with Gasteiger partial charge in [-0.3, -0.25) is 10.1 Å². The maximum Gasteiger partial charge on any atom is 0.345 e. The maximum absolute atomic E-state index is 11.0. The zero-order valence-corrected chi connectivity index (χ0v) is 8.73. The maximum atomic E-state index is 11.0. The average Bonchev–Trinajstić information content (AvgIpc) is 2.18. The largest absolute Gasteiger partial charge is 0.417 e. The molecular formula is C8H5Cl2NO4. The molecule has 0 bridgehead atoms. The van der Waals surface area contributed by atoms with Crippen LogP contribution < -0.4 is 4.74 Å². The van der Waals surface area contributed by atoms with Gasteiger partial charge in [0, 0.05) is 6.07 Å². The van der Waals surface area contributed by atoms with Crippen LogP contribution in [0.2, 0.25) is 0 Å². The van der Waals surface area contributed by atoms with Crippen LogP contribution in [0.3, 0.4) is 0 Å². The van der Waals surface area contributed by atoms with Crippen molar-refractivity contribution in [2.24, 2.45) is 0 Å². The first-order valence-electron chi connectivity index (χ1n) is 3.75. The highest BCUT2D eigenvalue weighted by molar-refractivity contribution is 6.53. The molecule has 0 radical (unpaired) electrons. The number of nitro groups is 1. The molecule has 80 valence electrons. The summed E-state index contributed by atoms with van der Waals surface area (Å²) in [5, 5.41) is 10.5. The summed E-state index contributed by atoms with van der Waals surface area (Å²) >= 11 is 10.5. The first kappa shape index (κ1) is 11.7. The van der Waals surface area contributed by atoms with Crippen LogP contribution >= 0.6 is 23.2 Å². The molecule has 0 saturated heterocycles. The van der Waals surface area contributed by atoms with Crippen molar-refractivity contribution in [3.8, 4) is 5.75 Å². The number of alkyl halides is 2. The molecule has 0 aliphatic heterocycles. The number of carbonyl (C=O) groups is 1. The van der Waals surface area contributed by atoms with Crippen molar-refractivity contribution in [1.29, 1.82) is 0 Å². The molecule has 0 aliphatic rings. The van der Waals surface area contributed by atoms with Gasteiger partial charge in [0.15, 0.2) is 0 Å². The van der Waals surface area contributed by atoms with E-state index in [4.69, 9.17) is 23.2 Å². The van der Waals surface area contributed by atoms with E-state index in [1.54, 1.807) is 0 Å². The summed E-state index contributed by atoms with van der Waals surface area (Å²) in [4.78, 5) is 19.5. The van der Waals surface area contributed by atoms with E-state index in [1.807, 2.05) is 0 Å². The summed E-state index contributed by atoms with van der Waals surface area (Å²) in [6, 6.07) is 5.44. The highest BCUT2D eigenvalue weighted by Crippen LogP contribution is 2.26. The van der Waals surface area contributed by atoms with Gasteiger partial charge < -0.3 is 4.74 Å². The molecule has 7 heteroatoms. The van der Waals surface area contributed by atoms with Crippen LogP contribution in [0.1, 0.15) is 0 Å². The first-order valence-corrected chi connectivity index (χ1v) is 4.63. The smallest absolute Gasteiger partial charge is 0.345 e. The van der Waals surface area contributed by atoms with Gasteiger partial charge in [-0.15, -0.1) is 0 Å². The van der Waals surface area contributed by atoms with Crippen LogP contribution in [-0.2, 0) is 4.79 Å². The quantitative estimate of drug-likeness (QED) is 0.271. The monoisotopic (exact) mass is 249 g/mol. The molecule has 0 aromatic heterocycles. The fourth-order valence-corrected chi connectivity index (χ4v) is 0.936. The minimum absolute atomic E-state index is 0.182. The van der Waals surface area contributed by atoms with Gasteiger partial charge in [-0.25, -0.2) is 4.79 Å². The lowest BCUT2D eigenvalue weighted by molar-refractivity contribution is -0.385. The Balaban J connectivity index is 2.94. The van der Waals surface area contributed by atoms with Gasteiger partial charge in [0.05, 0.1) is 4.92 Å². The van der Waals surface area contributed by atoms with Crippen molar-refractivity contribution < 1.29 is 14.5 Å². The van der Waals surface area contributed by atoms with E-state index in [0.717, 1.165) is 0 Å². The first-order chi connectivity index (χ1) is 7.02. The summed E-state index contributed by atoms with van der Waals surface area (Å²) in [5.74, 6) is -1.13. The minimum atomic E-state index is -1.37. The normalized spacial score (nSPS) is 10.1. The molecule has 0 fully saturated rings. The summed E-state index contributed by atoms with van der Waals surface area (Å²) < 4.78 is 4.62. The average molecular weight is 250 g/mol. The zero-order chi connectivity index (χ0) is 11.4. The third-order valence-electron chi connectivity index (χ3n) is 1.45. The lowest BCUT2D eigenvalue weighted by atomic mass is 10.3. The third kappa shape index (κ3) is 3.07. The van der Waals surface area contributed by atoms with Crippen molar-refractivity contribution in [1.82, 2.24) is 0 Å². The van der Waals surface area contributed by atoms with E-state index >= 15 is 0 Å². The number of hydrogen-bond acceptors (Lipinski definition) is 4. The summed E-state index contributed by atoms with van der Waals surface area (Å²) in [7, 11) is 0. The van der Waals surface area contributed by atoms with Crippen LogP contribution in [0.4, 0.5) is 5.69 Å². The summed E-state index contributed by atoms with van der Waals surface area (Å²) in [6.45, 7) is 0. The number of para-hydroxylation sites is 2. The van der Waals surface area contributed by atoms with E-state index in [2.05, 4.69) is 4.74 Å². The van der Waals surface area contributed by atoms with E-state index < -0.39 is 15.7 Å². The van der Waals surface area contributed by atoms with Crippen molar-refractivity contribution in [2.45, 2.75) is 4.84 Å². The van der Waals surface area contributed by atoms with Crippen molar-refractivity contribution in [2.75, 3.05) is 0 Å². The molecule has 1 aromatic carbocycles. The molecule has 0 N–H and O–H groups in total. The van der Waals surface area contributed by atoms with Gasteiger partial charge >= 0.3 is 11.7 Å². The van der Waals surface area contributed by atoms with Gasteiger partial charge in [-0.2, -0.15) is 0 Å². The molecule has 0 unspecified atom stereocenters. The molecule has 1 aromatic rings. The Morgan fingerprint density at radius 1 is 1.40 bits per heavy atom. The van der Waals surface area contributed by atoms with Crippen LogP contribution in [-0.4, -0.2) is 15.7 Å². The van der Waals surface area contributed by atoms with E-state index in [9.17, 15) is 14.9 Å². The molecule has 0 amide bonds. The van der Waals surface area contributed by atoms with E-state index in [-0.39, 0.29) is 11.4 Å². The Morgan fingerprint density at radius 3 is 2.53 bits per heavy atom. The number of esters is 1. The number of nitro benzene ring substituents is 1. The molecule has 0 heterocycles. The Morgan fingerprint density at radius 2 is 2.00 bits per heavy atom. The topological polar surface area (TPSA) is 69.4 Å². The molecule has 0 saturated carbocycles. The molecule has 15 heavy (non-hydrogen) atoms. The summed E-state index contributed by atoms with van der Waals surface area (Å²) in [6.07, 6.45) is 0. The highest BCUT2D eigenvalue weighted by Gasteiger charge is 2.20. The number of hydrogen-bond donors (Lipinski definition) is 0. The molecule has 1 rings (SSSR count). The van der Waals surface area contributed by atoms with E-state index in [1.165, 1.54) is 24.3 Å². The third-order valence-corrected chi connectivity index (χ3v) is 1.81. The predicted octanol–water partition coefficient (Wildman–Crippen LogP) is 2.30. The number of rotatable bonds is 3. The standard InChI is InChI=1S/C8H5Cl2NO4/c9-7(10)8(12)15-6-4-2-1-3-5(6)11(13)14/h1-4,7H. The Bertz CT molecular complexity index is 394. The SMILES string of the molecule is O=C(Oc1ccccc1[N+](=O)[O-])C(Cl)Cl. The molecule has 5 nitrogen and oxygen atoms in total. The van der Waals surface area contributed by atoms with Gasteiger partial charge in [0.25, 0.3) is 0 Å². The lowest BCUT2D eigenvalue weighted by Crippen LogP contribution is -2.16. The minimum Gasteiger partial charge on any atom is -0.417 e. The number of nitrogens with zero attached hydrogens (tertiary/aromatic N) is 1. The molecular weight excluding hydrogens is 245 g/mol. The van der Waals surface area contributed by atoms with Gasteiger partial charge in [0.2, 0.25) is 10.6 Å². The van der Waals surface area contributed by atoms with Gasteiger partial charge in [-0.1, -0.05) is 35.3 Å². The van der Waals surface area contributed by atoms with Gasteiger partial charge in [0.1, 0.15) is 0 Å². The number of carbonyl (C=O) groups excluding carboxylic acids is 1. The van der Waals surface area contributed by atoms with Crippen LogP contribution in [0.15, 0.2) is 24.3 Å². The lowest BCUT2D eigenvalue weighted by Gasteiger charge is -2.04.